The van der Waals surface area contributed by atoms with Gasteiger partial charge in [0.05, 0.1) is 10.4 Å². The fourth-order valence-corrected chi connectivity index (χ4v) is 1.31. The zero-order valence-corrected chi connectivity index (χ0v) is 7.57. The van der Waals surface area contributed by atoms with Gasteiger partial charge in [0.25, 0.3) is 0 Å². The van der Waals surface area contributed by atoms with Crippen molar-refractivity contribution in [2.24, 2.45) is 0 Å². The molecule has 0 atom stereocenters. The predicted octanol–water partition coefficient (Wildman–Crippen LogP) is 1.51. The van der Waals surface area contributed by atoms with Gasteiger partial charge in [-0.2, -0.15) is 0 Å². The summed E-state index contributed by atoms with van der Waals surface area (Å²) in [5.41, 5.74) is 1.77. The van der Waals surface area contributed by atoms with Gasteiger partial charge < -0.3 is 4.74 Å². The van der Waals surface area contributed by atoms with Crippen LogP contribution in [0.1, 0.15) is 4.88 Å². The highest BCUT2D eigenvalue weighted by atomic mass is 32.1. The molecule has 0 saturated carbocycles. The molecule has 2 aromatic heterocycles. The molecule has 0 unspecified atom stereocenters. The van der Waals surface area contributed by atoms with Crippen LogP contribution < -0.4 is 4.74 Å². The van der Waals surface area contributed by atoms with Crippen LogP contribution in [0.25, 0.3) is 0 Å². The Morgan fingerprint density at radius 2 is 2.15 bits per heavy atom. The number of thiazole rings is 1. The molecule has 0 spiro atoms. The van der Waals surface area contributed by atoms with Crippen LogP contribution in [-0.2, 0) is 6.61 Å². The van der Waals surface area contributed by atoms with Gasteiger partial charge in [-0.25, -0.2) is 9.97 Å². The van der Waals surface area contributed by atoms with Gasteiger partial charge in [0.2, 0.25) is 0 Å². The van der Waals surface area contributed by atoms with Gasteiger partial charge in [0, 0.05) is 18.6 Å². The van der Waals surface area contributed by atoms with E-state index in [1.807, 2.05) is 0 Å². The smallest absolute Gasteiger partial charge is 0.316 e. The van der Waals surface area contributed by atoms with Gasteiger partial charge in [-0.15, -0.1) is 11.3 Å². The van der Waals surface area contributed by atoms with E-state index in [0.29, 0.717) is 12.6 Å². The highest BCUT2D eigenvalue weighted by molar-refractivity contribution is 7.09. The van der Waals surface area contributed by atoms with Crippen LogP contribution >= 0.6 is 11.3 Å². The molecule has 0 aromatic carbocycles. The number of aromatic nitrogens is 3. The quantitative estimate of drug-likeness (QED) is 0.741. The van der Waals surface area contributed by atoms with E-state index in [4.69, 9.17) is 4.74 Å². The third kappa shape index (κ3) is 2.22. The van der Waals surface area contributed by atoms with Gasteiger partial charge >= 0.3 is 6.01 Å². The Labute approximate surface area is 79.3 Å². The van der Waals surface area contributed by atoms with Crippen molar-refractivity contribution in [1.29, 1.82) is 0 Å². The van der Waals surface area contributed by atoms with Crippen molar-refractivity contribution in [3.8, 4) is 6.01 Å². The van der Waals surface area contributed by atoms with Crippen LogP contribution in [0, 0.1) is 0 Å². The maximum atomic E-state index is 5.30. The van der Waals surface area contributed by atoms with E-state index in [-0.39, 0.29) is 0 Å². The topological polar surface area (TPSA) is 47.9 Å². The second-order valence-electron chi connectivity index (χ2n) is 2.29. The minimum absolute atomic E-state index is 0.399. The Bertz CT molecular complexity index is 349. The molecule has 2 heterocycles. The Hall–Kier alpha value is -1.49. The monoisotopic (exact) mass is 193 g/mol. The van der Waals surface area contributed by atoms with E-state index in [2.05, 4.69) is 15.0 Å². The van der Waals surface area contributed by atoms with E-state index < -0.39 is 0 Å². The normalized spacial score (nSPS) is 9.85. The third-order valence-corrected chi connectivity index (χ3v) is 2.12. The molecule has 0 aliphatic rings. The summed E-state index contributed by atoms with van der Waals surface area (Å²) in [5, 5.41) is 0. The second-order valence-corrected chi connectivity index (χ2v) is 3.26. The van der Waals surface area contributed by atoms with Crippen molar-refractivity contribution >= 4 is 11.3 Å². The lowest BCUT2D eigenvalue weighted by Crippen LogP contribution is -1.96. The van der Waals surface area contributed by atoms with Crippen LogP contribution in [0.3, 0.4) is 0 Å². The SMILES string of the molecule is c1cnc(OCc2cncs2)nc1. The zero-order chi connectivity index (χ0) is 8.93. The molecule has 2 aromatic rings. The van der Waals surface area contributed by atoms with E-state index in [9.17, 15) is 0 Å². The van der Waals surface area contributed by atoms with E-state index in [1.54, 1.807) is 41.5 Å². The number of hydrogen-bond acceptors (Lipinski definition) is 5. The summed E-state index contributed by atoms with van der Waals surface area (Å²) in [6.45, 7) is 0.481. The van der Waals surface area contributed by atoms with Crippen LogP contribution in [-0.4, -0.2) is 15.0 Å². The molecule has 0 amide bonds. The van der Waals surface area contributed by atoms with E-state index in [1.165, 1.54) is 0 Å². The Balaban J connectivity index is 1.94. The number of hydrogen-bond donors (Lipinski definition) is 0. The summed E-state index contributed by atoms with van der Waals surface area (Å²) in [7, 11) is 0. The largest absolute Gasteiger partial charge is 0.458 e. The van der Waals surface area contributed by atoms with Crippen molar-refractivity contribution in [2.75, 3.05) is 0 Å². The van der Waals surface area contributed by atoms with Gasteiger partial charge in [0.1, 0.15) is 6.61 Å². The molecule has 0 bridgehead atoms. The van der Waals surface area contributed by atoms with Gasteiger partial charge in [-0.3, -0.25) is 4.98 Å². The first-order valence-corrected chi connectivity index (χ1v) is 4.60. The summed E-state index contributed by atoms with van der Waals surface area (Å²) < 4.78 is 5.30. The minimum Gasteiger partial charge on any atom is -0.458 e. The van der Waals surface area contributed by atoms with Crippen molar-refractivity contribution in [3.63, 3.8) is 0 Å². The zero-order valence-electron chi connectivity index (χ0n) is 6.75. The molecule has 0 aliphatic carbocycles. The van der Waals surface area contributed by atoms with Crippen LogP contribution in [0.5, 0.6) is 6.01 Å². The Morgan fingerprint density at radius 3 is 2.85 bits per heavy atom. The summed E-state index contributed by atoms with van der Waals surface area (Å²) in [6.07, 6.45) is 5.07. The lowest BCUT2D eigenvalue weighted by atomic mass is 10.6. The highest BCUT2D eigenvalue weighted by Gasteiger charge is 1.97. The first-order chi connectivity index (χ1) is 6.45. The maximum Gasteiger partial charge on any atom is 0.316 e. The fourth-order valence-electron chi connectivity index (χ4n) is 0.809. The molecule has 2 rings (SSSR count). The average Bonchev–Trinajstić information content (AvgIpc) is 2.69. The molecule has 5 heteroatoms. The van der Waals surface area contributed by atoms with Crippen molar-refractivity contribution in [3.05, 3.63) is 35.0 Å². The molecular weight excluding hydrogens is 186 g/mol. The first-order valence-electron chi connectivity index (χ1n) is 3.72. The standard InChI is InChI=1S/C8H7N3OS/c1-2-10-8(11-3-1)12-5-7-4-9-6-13-7/h1-4,6H,5H2. The maximum absolute atomic E-state index is 5.30. The van der Waals surface area contributed by atoms with Gasteiger partial charge in [-0.1, -0.05) is 0 Å². The molecule has 66 valence electrons. The average molecular weight is 193 g/mol. The highest BCUT2D eigenvalue weighted by Crippen LogP contribution is 2.08. The molecule has 4 nitrogen and oxygen atoms in total. The van der Waals surface area contributed by atoms with Crippen molar-refractivity contribution in [2.45, 2.75) is 6.61 Å². The molecule has 0 radical (unpaired) electrons. The summed E-state index contributed by atoms with van der Waals surface area (Å²) in [5.74, 6) is 0. The lowest BCUT2D eigenvalue weighted by Gasteiger charge is -1.99. The number of ether oxygens (including phenoxy) is 1. The Kier molecular flexibility index (Phi) is 2.47. The summed E-state index contributed by atoms with van der Waals surface area (Å²) in [6, 6.07) is 2.15. The van der Waals surface area contributed by atoms with E-state index in [0.717, 1.165) is 4.88 Å². The summed E-state index contributed by atoms with van der Waals surface area (Å²) in [4.78, 5) is 12.9. The molecule has 0 saturated heterocycles. The molecule has 13 heavy (non-hydrogen) atoms. The molecule has 0 aliphatic heterocycles. The van der Waals surface area contributed by atoms with Crippen molar-refractivity contribution in [1.82, 2.24) is 15.0 Å². The van der Waals surface area contributed by atoms with E-state index >= 15 is 0 Å². The van der Waals surface area contributed by atoms with Crippen LogP contribution in [0.15, 0.2) is 30.2 Å². The third-order valence-electron chi connectivity index (χ3n) is 1.37. The Morgan fingerprint density at radius 1 is 1.31 bits per heavy atom. The molecule has 0 N–H and O–H groups in total. The van der Waals surface area contributed by atoms with Crippen molar-refractivity contribution < 1.29 is 4.74 Å². The minimum atomic E-state index is 0.399. The first kappa shape index (κ1) is 8.12. The second kappa shape index (κ2) is 3.95. The summed E-state index contributed by atoms with van der Waals surface area (Å²) >= 11 is 1.55. The van der Waals surface area contributed by atoms with Gasteiger partial charge in [0.15, 0.2) is 0 Å². The fraction of sp³-hybridized carbons (Fsp3) is 0.125. The lowest BCUT2D eigenvalue weighted by molar-refractivity contribution is 0.283. The molecular formula is C8H7N3OS. The number of nitrogens with zero attached hydrogens (tertiary/aromatic N) is 3. The van der Waals surface area contributed by atoms with Crippen LogP contribution in [0.4, 0.5) is 0 Å². The van der Waals surface area contributed by atoms with Gasteiger partial charge in [-0.05, 0) is 6.07 Å². The van der Waals surface area contributed by atoms with Crippen LogP contribution in [0.2, 0.25) is 0 Å². The molecule has 0 fully saturated rings. The number of rotatable bonds is 3. The predicted molar refractivity (Wildman–Crippen MR) is 48.5 cm³/mol.